The van der Waals surface area contributed by atoms with E-state index in [-0.39, 0.29) is 5.54 Å². The molecule has 1 aromatic rings. The molecule has 0 unspecified atom stereocenters. The van der Waals surface area contributed by atoms with Gasteiger partial charge in [0.2, 0.25) is 0 Å². The van der Waals surface area contributed by atoms with Crippen molar-refractivity contribution in [2.75, 3.05) is 19.6 Å². The van der Waals surface area contributed by atoms with Gasteiger partial charge in [-0.15, -0.1) is 0 Å². The maximum Gasteiger partial charge on any atom is 0.0409 e. The van der Waals surface area contributed by atoms with Gasteiger partial charge in [-0.05, 0) is 62.7 Å². The molecule has 0 spiro atoms. The molecule has 1 saturated carbocycles. The molecule has 1 heterocycles. The van der Waals surface area contributed by atoms with Crippen LogP contribution >= 0.6 is 0 Å². The van der Waals surface area contributed by atoms with Gasteiger partial charge < -0.3 is 10.6 Å². The summed E-state index contributed by atoms with van der Waals surface area (Å²) in [5.74, 6) is 0. The van der Waals surface area contributed by atoms with E-state index >= 15 is 0 Å². The summed E-state index contributed by atoms with van der Waals surface area (Å²) >= 11 is 0. The molecule has 0 bridgehead atoms. The Bertz CT molecular complexity index is 386. The highest BCUT2D eigenvalue weighted by Crippen LogP contribution is 2.38. The van der Waals surface area contributed by atoms with Crippen LogP contribution in [-0.4, -0.2) is 24.5 Å². The molecule has 2 aliphatic rings. The molecule has 0 atom stereocenters. The van der Waals surface area contributed by atoms with E-state index in [1.165, 1.54) is 56.4 Å². The van der Waals surface area contributed by atoms with Crippen LogP contribution in [0, 0.1) is 0 Å². The van der Waals surface area contributed by atoms with Crippen LogP contribution in [0.1, 0.15) is 43.2 Å². The zero-order valence-corrected chi connectivity index (χ0v) is 11.2. The van der Waals surface area contributed by atoms with E-state index in [4.69, 9.17) is 5.73 Å². The van der Waals surface area contributed by atoms with Crippen molar-refractivity contribution in [3.05, 3.63) is 35.4 Å². The summed E-state index contributed by atoms with van der Waals surface area (Å²) in [6.07, 6.45) is 7.54. The van der Waals surface area contributed by atoms with Gasteiger partial charge in [-0.1, -0.05) is 24.3 Å². The van der Waals surface area contributed by atoms with Crippen LogP contribution in [0.3, 0.4) is 0 Å². The molecular weight excluding hydrogens is 220 g/mol. The summed E-state index contributed by atoms with van der Waals surface area (Å²) in [4.78, 5) is 2.57. The van der Waals surface area contributed by atoms with Crippen LogP contribution in [-0.2, 0) is 12.0 Å². The van der Waals surface area contributed by atoms with Gasteiger partial charge in [0.05, 0.1) is 0 Å². The van der Waals surface area contributed by atoms with Crippen molar-refractivity contribution < 1.29 is 0 Å². The van der Waals surface area contributed by atoms with Crippen molar-refractivity contribution in [1.29, 1.82) is 0 Å². The monoisotopic (exact) mass is 244 g/mol. The molecule has 18 heavy (non-hydrogen) atoms. The molecule has 98 valence electrons. The largest absolute Gasteiger partial charge is 0.321 e. The van der Waals surface area contributed by atoms with E-state index in [9.17, 15) is 0 Å². The quantitative estimate of drug-likeness (QED) is 0.882. The highest BCUT2D eigenvalue weighted by atomic mass is 15.1. The minimum atomic E-state index is -0.00647. The lowest BCUT2D eigenvalue weighted by Crippen LogP contribution is -2.43. The third-order valence-electron chi connectivity index (χ3n) is 4.69. The molecule has 2 fully saturated rings. The summed E-state index contributed by atoms with van der Waals surface area (Å²) in [5, 5.41) is 0. The van der Waals surface area contributed by atoms with E-state index in [0.29, 0.717) is 0 Å². The van der Waals surface area contributed by atoms with Crippen molar-refractivity contribution in [3.63, 3.8) is 0 Å². The Morgan fingerprint density at radius 1 is 1.00 bits per heavy atom. The van der Waals surface area contributed by atoms with Gasteiger partial charge in [0.15, 0.2) is 0 Å². The molecule has 2 nitrogen and oxygen atoms in total. The third kappa shape index (κ3) is 2.45. The minimum absolute atomic E-state index is 0.00647. The first-order valence-corrected chi connectivity index (χ1v) is 7.37. The highest BCUT2D eigenvalue weighted by Gasteiger charge is 2.33. The molecule has 3 rings (SSSR count). The van der Waals surface area contributed by atoms with Crippen LogP contribution in [0.5, 0.6) is 0 Å². The molecule has 0 aromatic heterocycles. The maximum absolute atomic E-state index is 6.34. The van der Waals surface area contributed by atoms with Gasteiger partial charge in [0.25, 0.3) is 0 Å². The second-order valence-corrected chi connectivity index (χ2v) is 6.01. The second-order valence-electron chi connectivity index (χ2n) is 6.01. The standard InChI is InChI=1S/C16H24N2/c17-16(9-3-10-16)15-6-4-14(5-7-15)8-13-18-11-1-2-12-18/h4-7H,1-3,8-13,17H2. The number of nitrogens with two attached hydrogens (primary N) is 1. The van der Waals surface area contributed by atoms with Crippen LogP contribution < -0.4 is 5.73 Å². The van der Waals surface area contributed by atoms with Crippen LogP contribution in [0.4, 0.5) is 0 Å². The first kappa shape index (κ1) is 12.2. The van der Waals surface area contributed by atoms with Gasteiger partial charge >= 0.3 is 0 Å². The van der Waals surface area contributed by atoms with E-state index in [2.05, 4.69) is 29.2 Å². The molecule has 1 saturated heterocycles. The Morgan fingerprint density at radius 3 is 2.22 bits per heavy atom. The fourth-order valence-corrected chi connectivity index (χ4v) is 3.14. The fraction of sp³-hybridized carbons (Fsp3) is 0.625. The third-order valence-corrected chi connectivity index (χ3v) is 4.69. The molecule has 2 heteroatoms. The van der Waals surface area contributed by atoms with E-state index in [1.807, 2.05) is 0 Å². The SMILES string of the molecule is NC1(c2ccc(CCN3CCCC3)cc2)CCC1. The second kappa shape index (κ2) is 5.02. The van der Waals surface area contributed by atoms with Gasteiger partial charge in [0, 0.05) is 12.1 Å². The van der Waals surface area contributed by atoms with Gasteiger partial charge in [0.1, 0.15) is 0 Å². The first-order valence-electron chi connectivity index (χ1n) is 7.37. The summed E-state index contributed by atoms with van der Waals surface area (Å²) in [5.41, 5.74) is 9.12. The van der Waals surface area contributed by atoms with Crippen molar-refractivity contribution >= 4 is 0 Å². The Labute approximate surface area is 110 Å². The lowest BCUT2D eigenvalue weighted by atomic mass is 9.72. The molecule has 0 radical (unpaired) electrons. The van der Waals surface area contributed by atoms with Crippen molar-refractivity contribution in [2.45, 2.75) is 44.1 Å². The van der Waals surface area contributed by atoms with Crippen LogP contribution in [0.2, 0.25) is 0 Å². The molecular formula is C16H24N2. The maximum atomic E-state index is 6.34. The molecule has 1 aliphatic carbocycles. The Hall–Kier alpha value is -0.860. The summed E-state index contributed by atoms with van der Waals surface area (Å²) < 4.78 is 0. The summed E-state index contributed by atoms with van der Waals surface area (Å²) in [7, 11) is 0. The van der Waals surface area contributed by atoms with Crippen molar-refractivity contribution in [2.24, 2.45) is 5.73 Å². The van der Waals surface area contributed by atoms with E-state index < -0.39 is 0 Å². The molecule has 0 amide bonds. The van der Waals surface area contributed by atoms with Crippen LogP contribution in [0.15, 0.2) is 24.3 Å². The Balaban J connectivity index is 1.57. The summed E-state index contributed by atoms with van der Waals surface area (Å²) in [6.45, 7) is 3.81. The number of hydrogen-bond donors (Lipinski definition) is 1. The first-order chi connectivity index (χ1) is 8.76. The fourth-order valence-electron chi connectivity index (χ4n) is 3.14. The zero-order chi connectivity index (χ0) is 12.4. The van der Waals surface area contributed by atoms with E-state index in [1.54, 1.807) is 0 Å². The molecule has 1 aromatic carbocycles. The minimum Gasteiger partial charge on any atom is -0.321 e. The number of benzene rings is 1. The smallest absolute Gasteiger partial charge is 0.0409 e. The van der Waals surface area contributed by atoms with Crippen molar-refractivity contribution in [3.8, 4) is 0 Å². The molecule has 1 aliphatic heterocycles. The summed E-state index contributed by atoms with van der Waals surface area (Å²) in [6, 6.07) is 9.05. The number of rotatable bonds is 4. The van der Waals surface area contributed by atoms with Crippen molar-refractivity contribution in [1.82, 2.24) is 4.90 Å². The van der Waals surface area contributed by atoms with Gasteiger partial charge in [-0.2, -0.15) is 0 Å². The van der Waals surface area contributed by atoms with Crippen LogP contribution in [0.25, 0.3) is 0 Å². The average molecular weight is 244 g/mol. The lowest BCUT2D eigenvalue weighted by Gasteiger charge is -2.38. The normalized spacial score (nSPS) is 22.9. The average Bonchev–Trinajstić information content (AvgIpc) is 2.87. The number of likely N-dealkylation sites (tertiary alicyclic amines) is 1. The van der Waals surface area contributed by atoms with E-state index in [0.717, 1.165) is 12.8 Å². The number of hydrogen-bond acceptors (Lipinski definition) is 2. The van der Waals surface area contributed by atoms with Gasteiger partial charge in [-0.3, -0.25) is 0 Å². The predicted molar refractivity (Wildman–Crippen MR) is 75.5 cm³/mol. The predicted octanol–water partition coefficient (Wildman–Crippen LogP) is 2.66. The van der Waals surface area contributed by atoms with Gasteiger partial charge in [-0.25, -0.2) is 0 Å². The Morgan fingerprint density at radius 2 is 1.67 bits per heavy atom. The lowest BCUT2D eigenvalue weighted by molar-refractivity contribution is 0.253. The number of nitrogens with zero attached hydrogens (tertiary/aromatic N) is 1. The zero-order valence-electron chi connectivity index (χ0n) is 11.2. The molecule has 2 N–H and O–H groups in total. The Kier molecular flexibility index (Phi) is 3.40. The topological polar surface area (TPSA) is 29.3 Å². The highest BCUT2D eigenvalue weighted by molar-refractivity contribution is 5.30.